The summed E-state index contributed by atoms with van der Waals surface area (Å²) < 4.78 is 7.06. The number of aromatic nitrogens is 2. The number of para-hydroxylation sites is 1. The van der Waals surface area contributed by atoms with Crippen LogP contribution in [-0.2, 0) is 11.2 Å². The number of hydrogen-bond donors (Lipinski definition) is 2. The molecule has 1 heterocycles. The van der Waals surface area contributed by atoms with Crippen molar-refractivity contribution < 1.29 is 9.53 Å². The quantitative estimate of drug-likeness (QED) is 0.526. The summed E-state index contributed by atoms with van der Waals surface area (Å²) in [6.07, 6.45) is 3.99. The van der Waals surface area contributed by atoms with Crippen LogP contribution >= 0.6 is 12.4 Å². The summed E-state index contributed by atoms with van der Waals surface area (Å²) in [5.41, 5.74) is 9.07. The number of nitrogens with two attached hydrogens (primary N) is 1. The van der Waals surface area contributed by atoms with Crippen LogP contribution in [0, 0.1) is 0 Å². The van der Waals surface area contributed by atoms with Crippen molar-refractivity contribution in [2.24, 2.45) is 5.73 Å². The third-order valence-electron chi connectivity index (χ3n) is 4.48. The van der Waals surface area contributed by atoms with E-state index in [1.54, 1.807) is 7.11 Å². The topological polar surface area (TPSA) is 82.2 Å². The number of benzene rings is 2. The van der Waals surface area contributed by atoms with Crippen LogP contribution in [0.2, 0.25) is 0 Å². The van der Waals surface area contributed by atoms with Gasteiger partial charge < -0.3 is 15.8 Å². The molecule has 7 heteroatoms. The zero-order valence-corrected chi connectivity index (χ0v) is 17.3. The molecule has 0 aliphatic carbocycles. The molecule has 0 fully saturated rings. The first kappa shape index (κ1) is 22.5. The van der Waals surface area contributed by atoms with E-state index in [0.29, 0.717) is 13.1 Å². The van der Waals surface area contributed by atoms with Crippen LogP contribution in [0.15, 0.2) is 60.8 Å². The van der Waals surface area contributed by atoms with Crippen LogP contribution in [0.25, 0.3) is 16.9 Å². The number of carbonyl (C=O) groups is 1. The maximum atomic E-state index is 12.4. The van der Waals surface area contributed by atoms with Crippen LogP contribution in [0.1, 0.15) is 18.4 Å². The van der Waals surface area contributed by atoms with E-state index in [1.165, 1.54) is 0 Å². The van der Waals surface area contributed by atoms with Gasteiger partial charge in [0.25, 0.3) is 0 Å². The van der Waals surface area contributed by atoms with Crippen molar-refractivity contribution in [3.63, 3.8) is 0 Å². The number of nitrogens with one attached hydrogen (secondary N) is 1. The number of halogens is 1. The van der Waals surface area contributed by atoms with Gasteiger partial charge in [0.05, 0.1) is 24.9 Å². The smallest absolute Gasteiger partial charge is 0.224 e. The predicted molar refractivity (Wildman–Crippen MR) is 118 cm³/mol. The summed E-state index contributed by atoms with van der Waals surface area (Å²) in [5.74, 6) is 0.768. The van der Waals surface area contributed by atoms with E-state index in [4.69, 9.17) is 15.6 Å². The van der Waals surface area contributed by atoms with E-state index in [-0.39, 0.29) is 24.7 Å². The van der Waals surface area contributed by atoms with Crippen molar-refractivity contribution in [1.29, 1.82) is 0 Å². The number of rotatable bonds is 9. The summed E-state index contributed by atoms with van der Waals surface area (Å²) >= 11 is 0. The van der Waals surface area contributed by atoms with E-state index >= 15 is 0 Å². The summed E-state index contributed by atoms with van der Waals surface area (Å²) in [5, 5.41) is 7.71. The lowest BCUT2D eigenvalue weighted by Crippen LogP contribution is -2.26. The minimum atomic E-state index is -0.0144. The minimum absolute atomic E-state index is 0. The summed E-state index contributed by atoms with van der Waals surface area (Å²) in [7, 11) is 1.64. The van der Waals surface area contributed by atoms with E-state index < -0.39 is 0 Å². The Kier molecular flexibility index (Phi) is 8.70. The van der Waals surface area contributed by atoms with Gasteiger partial charge in [0.15, 0.2) is 0 Å². The van der Waals surface area contributed by atoms with Gasteiger partial charge in [-0.2, -0.15) is 5.10 Å². The van der Waals surface area contributed by atoms with Gasteiger partial charge in [-0.15, -0.1) is 12.4 Å². The average Bonchev–Trinajstić information content (AvgIpc) is 3.15. The first-order chi connectivity index (χ1) is 13.7. The van der Waals surface area contributed by atoms with Crippen molar-refractivity contribution >= 4 is 18.3 Å². The summed E-state index contributed by atoms with van der Waals surface area (Å²) in [4.78, 5) is 12.4. The lowest BCUT2D eigenvalue weighted by atomic mass is 10.1. The molecule has 0 unspecified atom stereocenters. The molecule has 0 spiro atoms. The number of hydrogen-bond acceptors (Lipinski definition) is 4. The summed E-state index contributed by atoms with van der Waals surface area (Å²) in [6.45, 7) is 1.28. The molecule has 3 rings (SSSR count). The Morgan fingerprint density at radius 2 is 1.83 bits per heavy atom. The number of carbonyl (C=O) groups excluding carboxylic acids is 1. The lowest BCUT2D eigenvalue weighted by Gasteiger charge is -2.06. The van der Waals surface area contributed by atoms with Gasteiger partial charge in [0.2, 0.25) is 5.91 Å². The molecule has 154 valence electrons. The molecule has 0 aliphatic heterocycles. The zero-order chi connectivity index (χ0) is 19.8. The second-order valence-electron chi connectivity index (χ2n) is 6.53. The molecule has 2 aromatic carbocycles. The molecule has 6 nitrogen and oxygen atoms in total. The Labute approximate surface area is 177 Å². The van der Waals surface area contributed by atoms with Crippen molar-refractivity contribution in [3.05, 3.63) is 66.4 Å². The highest BCUT2D eigenvalue weighted by molar-refractivity contribution is 5.85. The molecule has 0 saturated carbocycles. The molecule has 0 bridgehead atoms. The molecule has 1 aromatic heterocycles. The molecule has 0 saturated heterocycles. The normalized spacial score (nSPS) is 10.3. The minimum Gasteiger partial charge on any atom is -0.497 e. The van der Waals surface area contributed by atoms with E-state index in [1.807, 2.05) is 65.5 Å². The summed E-state index contributed by atoms with van der Waals surface area (Å²) in [6, 6.07) is 17.6. The van der Waals surface area contributed by atoms with Crippen molar-refractivity contribution in [1.82, 2.24) is 15.1 Å². The van der Waals surface area contributed by atoms with Crippen LogP contribution in [0.5, 0.6) is 5.75 Å². The second-order valence-corrected chi connectivity index (χ2v) is 6.53. The van der Waals surface area contributed by atoms with Crippen LogP contribution < -0.4 is 15.8 Å². The molecule has 29 heavy (non-hydrogen) atoms. The Bertz CT molecular complexity index is 895. The number of ether oxygens (including phenoxy) is 1. The standard InChI is InChI=1S/C22H26N4O2.ClH/c1-28-20-11-9-17(10-12-20)22-18(15-21(27)24-14-6-5-13-23)16-26(25-22)19-7-3-2-4-8-19;/h2-4,7-12,16H,5-6,13-15,23H2,1H3,(H,24,27);1H. The van der Waals surface area contributed by atoms with Crippen LogP contribution in [0.3, 0.4) is 0 Å². The third-order valence-corrected chi connectivity index (χ3v) is 4.48. The SMILES string of the molecule is COc1ccc(-c2nn(-c3ccccc3)cc2CC(=O)NCCCCN)cc1.Cl. The van der Waals surface area contributed by atoms with Gasteiger partial charge in [-0.25, -0.2) is 4.68 Å². The highest BCUT2D eigenvalue weighted by atomic mass is 35.5. The Morgan fingerprint density at radius 3 is 2.48 bits per heavy atom. The number of nitrogens with zero attached hydrogens (tertiary/aromatic N) is 2. The molecule has 3 N–H and O–H groups in total. The fourth-order valence-electron chi connectivity index (χ4n) is 2.98. The maximum absolute atomic E-state index is 12.4. The Morgan fingerprint density at radius 1 is 1.10 bits per heavy atom. The van der Waals surface area contributed by atoms with Gasteiger partial charge in [-0.05, 0) is 55.8 Å². The van der Waals surface area contributed by atoms with Crippen molar-refractivity contribution in [2.75, 3.05) is 20.2 Å². The first-order valence-electron chi connectivity index (χ1n) is 9.46. The highest BCUT2D eigenvalue weighted by Gasteiger charge is 2.15. The van der Waals surface area contributed by atoms with E-state index in [0.717, 1.165) is 41.1 Å². The molecule has 1 amide bonds. The van der Waals surface area contributed by atoms with Gasteiger partial charge >= 0.3 is 0 Å². The molecule has 0 atom stereocenters. The van der Waals surface area contributed by atoms with Gasteiger partial charge in [0.1, 0.15) is 5.75 Å². The molecule has 3 aromatic rings. The first-order valence-corrected chi connectivity index (χ1v) is 9.46. The Balaban J connectivity index is 0.00000300. The zero-order valence-electron chi connectivity index (χ0n) is 16.5. The van der Waals surface area contributed by atoms with E-state index in [9.17, 15) is 4.79 Å². The number of methoxy groups -OCH3 is 1. The molecular weight excluding hydrogens is 388 g/mol. The molecule has 0 aliphatic rings. The predicted octanol–water partition coefficient (Wildman–Crippen LogP) is 3.37. The maximum Gasteiger partial charge on any atom is 0.224 e. The fourth-order valence-corrected chi connectivity index (χ4v) is 2.98. The lowest BCUT2D eigenvalue weighted by molar-refractivity contribution is -0.120. The average molecular weight is 415 g/mol. The Hall–Kier alpha value is -2.83. The largest absolute Gasteiger partial charge is 0.497 e. The molecule has 0 radical (unpaired) electrons. The van der Waals surface area contributed by atoms with Gasteiger partial charge in [-0.1, -0.05) is 18.2 Å². The van der Waals surface area contributed by atoms with Crippen molar-refractivity contribution in [2.45, 2.75) is 19.3 Å². The monoisotopic (exact) mass is 414 g/mol. The number of amides is 1. The van der Waals surface area contributed by atoms with Gasteiger partial charge in [0, 0.05) is 23.9 Å². The van der Waals surface area contributed by atoms with Crippen LogP contribution in [-0.4, -0.2) is 35.9 Å². The van der Waals surface area contributed by atoms with Gasteiger partial charge in [-0.3, -0.25) is 4.79 Å². The number of unbranched alkanes of at least 4 members (excludes halogenated alkanes) is 1. The van der Waals surface area contributed by atoms with Crippen molar-refractivity contribution in [3.8, 4) is 22.7 Å². The highest BCUT2D eigenvalue weighted by Crippen LogP contribution is 2.26. The van der Waals surface area contributed by atoms with Crippen LogP contribution in [0.4, 0.5) is 0 Å². The second kappa shape index (κ2) is 11.2. The molecular formula is C22H27ClN4O2. The fraction of sp³-hybridized carbons (Fsp3) is 0.273. The third kappa shape index (κ3) is 6.07. The van der Waals surface area contributed by atoms with E-state index in [2.05, 4.69) is 5.32 Å².